The Kier molecular flexibility index (Phi) is 7.81. The fraction of sp³-hybridized carbons (Fsp3) is 0.394. The summed E-state index contributed by atoms with van der Waals surface area (Å²) in [6.45, 7) is 11.1. The van der Waals surface area contributed by atoms with Gasteiger partial charge in [-0.25, -0.2) is 4.39 Å². The van der Waals surface area contributed by atoms with Gasteiger partial charge in [0.2, 0.25) is 0 Å². The molecule has 2 aliphatic heterocycles. The molecule has 1 aromatic heterocycles. The lowest BCUT2D eigenvalue weighted by atomic mass is 9.87. The zero-order valence-corrected chi connectivity index (χ0v) is 23.4. The van der Waals surface area contributed by atoms with Crippen molar-refractivity contribution in [2.75, 3.05) is 0 Å². The minimum Gasteiger partial charge on any atom is -0.347 e. The molecule has 0 amide bonds. The van der Waals surface area contributed by atoms with Gasteiger partial charge in [0.15, 0.2) is 5.79 Å². The van der Waals surface area contributed by atoms with Crippen LogP contribution in [0.25, 0.3) is 28.5 Å². The molecule has 1 N–H and O–H groups in total. The SMILES string of the molecule is CC(=O)C[C@H]1C[C@@H](/C=C/c2c(C(C)C)nc3c(c2-c2ccc(F)cc2)CNCc2ccccc2-3)OC(C)(C)O1. The van der Waals surface area contributed by atoms with Crippen molar-refractivity contribution >= 4 is 11.9 Å². The van der Waals surface area contributed by atoms with Crippen molar-refractivity contribution < 1.29 is 18.7 Å². The van der Waals surface area contributed by atoms with Gasteiger partial charge in [0.25, 0.3) is 0 Å². The van der Waals surface area contributed by atoms with Gasteiger partial charge in [-0.1, -0.05) is 62.4 Å². The van der Waals surface area contributed by atoms with Crippen LogP contribution < -0.4 is 5.32 Å². The topological polar surface area (TPSA) is 60.5 Å². The summed E-state index contributed by atoms with van der Waals surface area (Å²) in [6.07, 6.45) is 4.70. The second kappa shape index (κ2) is 11.1. The van der Waals surface area contributed by atoms with E-state index in [0.29, 0.717) is 19.4 Å². The number of hydrogen-bond donors (Lipinski definition) is 1. The molecule has 2 aliphatic rings. The fourth-order valence-electron chi connectivity index (χ4n) is 5.75. The quantitative estimate of drug-likeness (QED) is 0.367. The van der Waals surface area contributed by atoms with Crippen molar-refractivity contribution in [1.29, 1.82) is 0 Å². The van der Waals surface area contributed by atoms with E-state index < -0.39 is 5.79 Å². The Balaban J connectivity index is 1.68. The Morgan fingerprint density at radius 2 is 1.87 bits per heavy atom. The number of halogens is 1. The van der Waals surface area contributed by atoms with Crippen LogP contribution in [0.15, 0.2) is 54.6 Å². The van der Waals surface area contributed by atoms with Crippen molar-refractivity contribution in [1.82, 2.24) is 10.3 Å². The summed E-state index contributed by atoms with van der Waals surface area (Å²) < 4.78 is 26.3. The summed E-state index contributed by atoms with van der Waals surface area (Å²) in [4.78, 5) is 17.1. The normalized spacial score (nSPS) is 20.5. The molecule has 6 heteroatoms. The Labute approximate surface area is 230 Å². The van der Waals surface area contributed by atoms with E-state index in [4.69, 9.17) is 14.5 Å². The molecule has 3 heterocycles. The van der Waals surface area contributed by atoms with Crippen molar-refractivity contribution in [2.45, 2.75) is 84.5 Å². The maximum absolute atomic E-state index is 14.0. The maximum atomic E-state index is 14.0. The maximum Gasteiger partial charge on any atom is 0.163 e. The molecular formula is C33H37FN2O3. The number of nitrogens with zero attached hydrogens (tertiary/aromatic N) is 1. The second-order valence-corrected chi connectivity index (χ2v) is 11.3. The standard InChI is InChI=1S/C33H37FN2O3/c1-20(2)31-28(15-14-25-17-26(16-21(3)37)39-33(4,5)38-25)30(22-10-12-24(34)13-11-22)29-19-35-18-23-8-6-7-9-27(23)32(29)36-31/h6-15,20,25-26,35H,16-19H2,1-5H3/b15-14+/t25-,26+/m1/s1. The number of fused-ring (bicyclic) bond motifs is 3. The first-order valence-corrected chi connectivity index (χ1v) is 13.8. The summed E-state index contributed by atoms with van der Waals surface area (Å²) in [5, 5.41) is 3.59. The molecule has 3 aromatic rings. The van der Waals surface area contributed by atoms with E-state index in [9.17, 15) is 9.18 Å². The molecule has 0 spiro atoms. The van der Waals surface area contributed by atoms with Gasteiger partial charge in [-0.3, -0.25) is 9.78 Å². The van der Waals surface area contributed by atoms with Crippen LogP contribution in [0.3, 0.4) is 0 Å². The highest BCUT2D eigenvalue weighted by atomic mass is 19.1. The molecule has 1 fully saturated rings. The van der Waals surface area contributed by atoms with E-state index >= 15 is 0 Å². The van der Waals surface area contributed by atoms with Crippen LogP contribution in [0.5, 0.6) is 0 Å². The molecule has 1 saturated heterocycles. The molecule has 0 saturated carbocycles. The molecule has 5 rings (SSSR count). The highest BCUT2D eigenvalue weighted by molar-refractivity contribution is 5.85. The molecule has 39 heavy (non-hydrogen) atoms. The van der Waals surface area contributed by atoms with Crippen molar-refractivity contribution in [2.24, 2.45) is 0 Å². The van der Waals surface area contributed by atoms with Crippen LogP contribution >= 0.6 is 0 Å². The van der Waals surface area contributed by atoms with Gasteiger partial charge >= 0.3 is 0 Å². The van der Waals surface area contributed by atoms with E-state index in [1.165, 1.54) is 17.7 Å². The van der Waals surface area contributed by atoms with Gasteiger partial charge < -0.3 is 14.8 Å². The average Bonchev–Trinajstić information content (AvgIpc) is 3.05. The average molecular weight is 529 g/mol. The summed E-state index contributed by atoms with van der Waals surface area (Å²) >= 11 is 0. The summed E-state index contributed by atoms with van der Waals surface area (Å²) in [5.41, 5.74) is 8.39. The van der Waals surface area contributed by atoms with Crippen LogP contribution in [0, 0.1) is 5.82 Å². The largest absolute Gasteiger partial charge is 0.347 e. The first-order chi connectivity index (χ1) is 18.6. The second-order valence-electron chi connectivity index (χ2n) is 11.3. The molecule has 5 nitrogen and oxygen atoms in total. The number of benzene rings is 2. The first-order valence-electron chi connectivity index (χ1n) is 13.8. The number of ketones is 1. The number of pyridine rings is 1. The van der Waals surface area contributed by atoms with Crippen LogP contribution in [-0.4, -0.2) is 28.8 Å². The minimum atomic E-state index is -0.798. The third kappa shape index (κ3) is 6.03. The van der Waals surface area contributed by atoms with Crippen LogP contribution in [-0.2, 0) is 27.4 Å². The molecule has 204 valence electrons. The first kappa shape index (κ1) is 27.4. The third-order valence-corrected chi connectivity index (χ3v) is 7.31. The van der Waals surface area contributed by atoms with Gasteiger partial charge in [-0.2, -0.15) is 0 Å². The fourth-order valence-corrected chi connectivity index (χ4v) is 5.75. The molecule has 0 radical (unpaired) electrons. The number of Topliss-reactive ketones (excluding diaryl/α,β-unsaturated/α-hetero) is 1. The van der Waals surface area contributed by atoms with E-state index in [1.807, 2.05) is 26.0 Å². The summed E-state index contributed by atoms with van der Waals surface area (Å²) in [6, 6.07) is 15.1. The zero-order chi connectivity index (χ0) is 27.7. The summed E-state index contributed by atoms with van der Waals surface area (Å²) in [7, 11) is 0. The van der Waals surface area contributed by atoms with Gasteiger partial charge in [-0.15, -0.1) is 0 Å². The zero-order valence-electron chi connectivity index (χ0n) is 23.4. The molecular weight excluding hydrogens is 491 g/mol. The van der Waals surface area contributed by atoms with Crippen molar-refractivity contribution in [3.8, 4) is 22.4 Å². The molecule has 0 aliphatic carbocycles. The van der Waals surface area contributed by atoms with Crippen molar-refractivity contribution in [3.63, 3.8) is 0 Å². The lowest BCUT2D eigenvalue weighted by Crippen LogP contribution is -2.44. The van der Waals surface area contributed by atoms with Crippen molar-refractivity contribution in [3.05, 3.63) is 82.8 Å². The molecule has 0 unspecified atom stereocenters. The Bertz CT molecular complexity index is 1390. The van der Waals surface area contributed by atoms with E-state index in [-0.39, 0.29) is 29.7 Å². The lowest BCUT2D eigenvalue weighted by molar-refractivity contribution is -0.289. The lowest BCUT2D eigenvalue weighted by Gasteiger charge is -2.39. The predicted octanol–water partition coefficient (Wildman–Crippen LogP) is 7.18. The van der Waals surface area contributed by atoms with E-state index in [0.717, 1.165) is 45.7 Å². The van der Waals surface area contributed by atoms with Crippen LogP contribution in [0.1, 0.15) is 75.8 Å². The summed E-state index contributed by atoms with van der Waals surface area (Å²) in [5.74, 6) is -0.815. The highest BCUT2D eigenvalue weighted by Gasteiger charge is 2.35. The van der Waals surface area contributed by atoms with Gasteiger partial charge in [0, 0.05) is 42.6 Å². The van der Waals surface area contributed by atoms with E-state index in [1.54, 1.807) is 6.92 Å². The monoisotopic (exact) mass is 528 g/mol. The smallest absolute Gasteiger partial charge is 0.163 e. The van der Waals surface area contributed by atoms with Gasteiger partial charge in [-0.05, 0) is 55.5 Å². The van der Waals surface area contributed by atoms with Gasteiger partial charge in [0.05, 0.1) is 23.6 Å². The number of rotatable bonds is 6. The van der Waals surface area contributed by atoms with Crippen LogP contribution in [0.2, 0.25) is 0 Å². The molecule has 0 bridgehead atoms. The predicted molar refractivity (Wildman–Crippen MR) is 152 cm³/mol. The number of hydrogen-bond acceptors (Lipinski definition) is 5. The number of ether oxygens (including phenoxy) is 2. The number of carbonyl (C=O) groups excluding carboxylic acids is 1. The Morgan fingerprint density at radius 1 is 1.13 bits per heavy atom. The van der Waals surface area contributed by atoms with Gasteiger partial charge in [0.1, 0.15) is 11.6 Å². The number of carbonyl (C=O) groups is 1. The number of aromatic nitrogens is 1. The highest BCUT2D eigenvalue weighted by Crippen LogP contribution is 2.41. The third-order valence-electron chi connectivity index (χ3n) is 7.31. The molecule has 2 atom stereocenters. The Morgan fingerprint density at radius 3 is 2.59 bits per heavy atom. The van der Waals surface area contributed by atoms with E-state index in [2.05, 4.69) is 55.6 Å². The number of nitrogens with one attached hydrogen (secondary N) is 1. The molecule has 2 aromatic carbocycles. The Hall–Kier alpha value is -3.19. The van der Waals surface area contributed by atoms with Crippen LogP contribution in [0.4, 0.5) is 4.39 Å². The minimum absolute atomic E-state index is 0.101.